The molecule has 0 spiro atoms. The number of carbonyl (C=O) groups excluding carboxylic acids is 1. The van der Waals surface area contributed by atoms with Crippen molar-refractivity contribution in [1.29, 1.82) is 0 Å². The first-order valence-electron chi connectivity index (χ1n) is 5.68. The Bertz CT molecular complexity index is 352. The molecule has 16 heavy (non-hydrogen) atoms. The van der Waals surface area contributed by atoms with Gasteiger partial charge in [-0.05, 0) is 24.9 Å². The van der Waals surface area contributed by atoms with Gasteiger partial charge in [-0.2, -0.15) is 0 Å². The van der Waals surface area contributed by atoms with E-state index < -0.39 is 0 Å². The summed E-state index contributed by atoms with van der Waals surface area (Å²) in [5.74, 6) is 0.297. The summed E-state index contributed by atoms with van der Waals surface area (Å²) in [6.45, 7) is 1.86. The molecular weight excluding hydrogens is 222 g/mol. The number of hydrogen-bond acceptors (Lipinski definition) is 2. The van der Waals surface area contributed by atoms with Crippen LogP contribution >= 0.6 is 11.6 Å². The van der Waals surface area contributed by atoms with E-state index in [-0.39, 0.29) is 17.7 Å². The quantitative estimate of drug-likeness (QED) is 0.750. The Morgan fingerprint density at radius 2 is 2.12 bits per heavy atom. The first kappa shape index (κ1) is 11.6. The van der Waals surface area contributed by atoms with Gasteiger partial charge in [-0.3, -0.25) is 9.69 Å². The maximum atomic E-state index is 11.6. The van der Waals surface area contributed by atoms with Gasteiger partial charge in [0.2, 0.25) is 0 Å². The van der Waals surface area contributed by atoms with E-state index in [9.17, 15) is 4.79 Å². The highest BCUT2D eigenvalue weighted by Gasteiger charge is 2.29. The maximum absolute atomic E-state index is 11.6. The van der Waals surface area contributed by atoms with E-state index in [1.54, 1.807) is 0 Å². The van der Waals surface area contributed by atoms with Crippen molar-refractivity contribution in [2.24, 2.45) is 0 Å². The fourth-order valence-corrected chi connectivity index (χ4v) is 2.47. The monoisotopic (exact) mass is 237 g/mol. The van der Waals surface area contributed by atoms with E-state index in [0.717, 1.165) is 25.9 Å². The molecule has 2 nitrogen and oxygen atoms in total. The van der Waals surface area contributed by atoms with Crippen molar-refractivity contribution in [3.63, 3.8) is 0 Å². The van der Waals surface area contributed by atoms with Crippen LogP contribution in [-0.2, 0) is 11.3 Å². The van der Waals surface area contributed by atoms with Crippen LogP contribution < -0.4 is 0 Å². The lowest BCUT2D eigenvalue weighted by Gasteiger charge is -2.22. The van der Waals surface area contributed by atoms with Gasteiger partial charge < -0.3 is 0 Å². The molecule has 0 aliphatic carbocycles. The topological polar surface area (TPSA) is 20.3 Å². The van der Waals surface area contributed by atoms with E-state index in [0.29, 0.717) is 0 Å². The van der Waals surface area contributed by atoms with E-state index >= 15 is 0 Å². The Kier molecular flexibility index (Phi) is 3.97. The number of carbonyl (C=O) groups is 1. The molecule has 0 bridgehead atoms. The number of Topliss-reactive ketones (excluding diaryl/α,β-unsaturated/α-hetero) is 1. The van der Waals surface area contributed by atoms with Crippen LogP contribution in [0.2, 0.25) is 0 Å². The third-order valence-electron chi connectivity index (χ3n) is 3.10. The highest BCUT2D eigenvalue weighted by Crippen LogP contribution is 2.21. The van der Waals surface area contributed by atoms with E-state index in [1.165, 1.54) is 5.56 Å². The van der Waals surface area contributed by atoms with Crippen molar-refractivity contribution in [1.82, 2.24) is 4.90 Å². The lowest BCUT2D eigenvalue weighted by Crippen LogP contribution is -2.36. The molecule has 86 valence electrons. The molecule has 2 rings (SSSR count). The van der Waals surface area contributed by atoms with Gasteiger partial charge in [-0.25, -0.2) is 0 Å². The highest BCUT2D eigenvalue weighted by molar-refractivity contribution is 6.28. The van der Waals surface area contributed by atoms with E-state index in [2.05, 4.69) is 17.0 Å². The number of hydrogen-bond donors (Lipinski definition) is 0. The molecular formula is C13H16ClNO. The first-order chi connectivity index (χ1) is 7.81. The average Bonchev–Trinajstić information content (AvgIpc) is 2.77. The van der Waals surface area contributed by atoms with Gasteiger partial charge >= 0.3 is 0 Å². The summed E-state index contributed by atoms with van der Waals surface area (Å²) in [6, 6.07) is 10.3. The number of rotatable bonds is 4. The molecule has 1 aliphatic heterocycles. The van der Waals surface area contributed by atoms with Crippen molar-refractivity contribution in [3.8, 4) is 0 Å². The molecule has 1 aliphatic rings. The number of benzene rings is 1. The van der Waals surface area contributed by atoms with Crippen molar-refractivity contribution in [2.75, 3.05) is 12.4 Å². The molecule has 0 aromatic heterocycles. The maximum Gasteiger partial charge on any atom is 0.164 e. The Labute approximate surface area is 101 Å². The fourth-order valence-electron chi connectivity index (χ4n) is 2.29. The second-order valence-electron chi connectivity index (χ2n) is 4.21. The van der Waals surface area contributed by atoms with E-state index in [1.807, 2.05) is 18.2 Å². The average molecular weight is 238 g/mol. The third-order valence-corrected chi connectivity index (χ3v) is 3.36. The van der Waals surface area contributed by atoms with E-state index in [4.69, 9.17) is 11.6 Å². The molecule has 1 fully saturated rings. The van der Waals surface area contributed by atoms with Gasteiger partial charge in [0.1, 0.15) is 0 Å². The summed E-state index contributed by atoms with van der Waals surface area (Å²) < 4.78 is 0. The minimum absolute atomic E-state index is 0.0395. The van der Waals surface area contributed by atoms with Crippen LogP contribution in [0.25, 0.3) is 0 Å². The van der Waals surface area contributed by atoms with Crippen LogP contribution in [0, 0.1) is 0 Å². The van der Waals surface area contributed by atoms with Crippen LogP contribution in [0.1, 0.15) is 18.4 Å². The number of ketones is 1. The highest BCUT2D eigenvalue weighted by atomic mass is 35.5. The molecule has 0 saturated carbocycles. The van der Waals surface area contributed by atoms with Gasteiger partial charge in [0.05, 0.1) is 11.9 Å². The van der Waals surface area contributed by atoms with Crippen molar-refractivity contribution in [3.05, 3.63) is 35.9 Å². The lowest BCUT2D eigenvalue weighted by atomic mass is 10.1. The smallest absolute Gasteiger partial charge is 0.164 e. The standard InChI is InChI=1S/C13H16ClNO/c14-9-13(16)12-7-4-8-15(12)10-11-5-2-1-3-6-11/h1-3,5-6,12H,4,7-10H2/t12-/m0/s1. The lowest BCUT2D eigenvalue weighted by molar-refractivity contribution is -0.121. The summed E-state index contributed by atoms with van der Waals surface area (Å²) >= 11 is 5.62. The zero-order valence-electron chi connectivity index (χ0n) is 9.23. The Balaban J connectivity index is 2.01. The van der Waals surface area contributed by atoms with Gasteiger partial charge in [0, 0.05) is 6.54 Å². The summed E-state index contributed by atoms with van der Waals surface area (Å²) in [4.78, 5) is 13.9. The SMILES string of the molecule is O=C(CCl)[C@@H]1CCCN1Cc1ccccc1. The van der Waals surface area contributed by atoms with Crippen LogP contribution in [-0.4, -0.2) is 29.1 Å². The van der Waals surface area contributed by atoms with Crippen molar-refractivity contribution >= 4 is 17.4 Å². The number of alkyl halides is 1. The minimum Gasteiger partial charge on any atom is -0.297 e. The summed E-state index contributed by atoms with van der Waals surface area (Å²) in [6.07, 6.45) is 2.05. The summed E-state index contributed by atoms with van der Waals surface area (Å²) in [5, 5.41) is 0. The second-order valence-corrected chi connectivity index (χ2v) is 4.48. The largest absolute Gasteiger partial charge is 0.297 e. The van der Waals surface area contributed by atoms with Crippen molar-refractivity contribution in [2.45, 2.75) is 25.4 Å². The zero-order valence-corrected chi connectivity index (χ0v) is 9.99. The zero-order chi connectivity index (χ0) is 11.4. The third kappa shape index (κ3) is 2.63. The van der Waals surface area contributed by atoms with Crippen LogP contribution in [0.3, 0.4) is 0 Å². The number of nitrogens with zero attached hydrogens (tertiary/aromatic N) is 1. The van der Waals surface area contributed by atoms with Gasteiger partial charge in [0.15, 0.2) is 5.78 Å². The molecule has 1 aromatic rings. The molecule has 0 unspecified atom stereocenters. The molecule has 1 saturated heterocycles. The predicted octanol–water partition coefficient (Wildman–Crippen LogP) is 2.46. The van der Waals surface area contributed by atoms with Gasteiger partial charge in [-0.1, -0.05) is 30.3 Å². The second kappa shape index (κ2) is 5.46. The summed E-state index contributed by atoms with van der Waals surface area (Å²) in [5.41, 5.74) is 1.26. The summed E-state index contributed by atoms with van der Waals surface area (Å²) in [7, 11) is 0. The molecule has 1 aromatic carbocycles. The molecule has 3 heteroatoms. The minimum atomic E-state index is 0.0395. The van der Waals surface area contributed by atoms with Gasteiger partial charge in [-0.15, -0.1) is 11.6 Å². The molecule has 0 amide bonds. The first-order valence-corrected chi connectivity index (χ1v) is 6.21. The van der Waals surface area contributed by atoms with Crippen LogP contribution in [0.5, 0.6) is 0 Å². The Morgan fingerprint density at radius 1 is 1.38 bits per heavy atom. The fraction of sp³-hybridized carbons (Fsp3) is 0.462. The molecule has 0 N–H and O–H groups in total. The Hall–Kier alpha value is -0.860. The normalized spacial score (nSPS) is 21.2. The molecule has 1 heterocycles. The van der Waals surface area contributed by atoms with Crippen LogP contribution in [0.15, 0.2) is 30.3 Å². The number of halogens is 1. The van der Waals surface area contributed by atoms with Crippen molar-refractivity contribution < 1.29 is 4.79 Å². The van der Waals surface area contributed by atoms with Gasteiger partial charge in [0.25, 0.3) is 0 Å². The molecule has 1 atom stereocenters. The molecule has 0 radical (unpaired) electrons. The van der Waals surface area contributed by atoms with Crippen LogP contribution in [0.4, 0.5) is 0 Å². The Morgan fingerprint density at radius 3 is 2.81 bits per heavy atom. The predicted molar refractivity (Wildman–Crippen MR) is 65.6 cm³/mol. The number of likely N-dealkylation sites (tertiary alicyclic amines) is 1.